The lowest BCUT2D eigenvalue weighted by molar-refractivity contribution is -0.0428. The molecule has 51 heavy (non-hydrogen) atoms. The molecule has 0 radical (unpaired) electrons. The summed E-state index contributed by atoms with van der Waals surface area (Å²) in [6.07, 6.45) is 14.5. The average Bonchev–Trinajstić information content (AvgIpc) is 3.36. The van der Waals surface area contributed by atoms with Crippen LogP contribution in [0, 0.1) is 17.3 Å². The summed E-state index contributed by atoms with van der Waals surface area (Å²) in [7, 11) is -5.58. The molecule has 6 atom stereocenters. The van der Waals surface area contributed by atoms with E-state index in [9.17, 15) is 0 Å². The SMILES string of the molecule is C=C1/C(=C\C=C2/CCC[C@]3(C)[C@@H]([C@H](C)OCCC(C)(C)O[Si](CC)(CC)CC)CC[C@@H]23)C[C@@H](O[Si](C)(C)C(C)(C)C)C[C@@H]1O[Si](C)(C)C(C)(C)C. The summed E-state index contributed by atoms with van der Waals surface area (Å²) < 4.78 is 27.9. The summed E-state index contributed by atoms with van der Waals surface area (Å²) in [6, 6.07) is 3.58. The van der Waals surface area contributed by atoms with Crippen molar-refractivity contribution < 1.29 is 18.0 Å². The lowest BCUT2D eigenvalue weighted by atomic mass is 9.62. The lowest BCUT2D eigenvalue weighted by Crippen LogP contribution is -2.49. The first kappa shape index (κ1) is 45.1. The fourth-order valence-corrected chi connectivity index (χ4v) is 14.9. The molecule has 0 amide bonds. The van der Waals surface area contributed by atoms with Crippen molar-refractivity contribution in [2.24, 2.45) is 17.3 Å². The number of ether oxygens (including phenoxy) is 1. The maximum Gasteiger partial charge on any atom is 0.192 e. The molecular formula is C44H84O4Si3. The zero-order valence-corrected chi connectivity index (χ0v) is 39.9. The van der Waals surface area contributed by atoms with Gasteiger partial charge in [-0.25, -0.2) is 0 Å². The molecule has 0 aromatic rings. The van der Waals surface area contributed by atoms with Crippen molar-refractivity contribution in [3.63, 3.8) is 0 Å². The Bertz CT molecular complexity index is 1220. The number of hydrogen-bond acceptors (Lipinski definition) is 4. The molecule has 7 heteroatoms. The first-order chi connectivity index (χ1) is 23.3. The minimum atomic E-state index is -1.99. The standard InChI is InChI=1S/C44H84O4Si3/c1-19-51(20-2,21-3)48-43(12,13)29-30-45-34(5)38-26-27-39-35(23-22-28-44(38,39)14)24-25-36-31-37(46-49(15,16)41(6,7)8)32-40(33(36)4)47-50(17,18)42(9,10)11/h24-25,34,37-40H,4,19-23,26-32H2,1-3,5-18H3/b35-24+,36-25-/t34-,37+,38+,39-,40-,44+/m0/s1. The zero-order valence-electron chi connectivity index (χ0n) is 36.9. The van der Waals surface area contributed by atoms with Gasteiger partial charge in [0.2, 0.25) is 0 Å². The van der Waals surface area contributed by atoms with Crippen LogP contribution in [0.15, 0.2) is 35.5 Å². The van der Waals surface area contributed by atoms with Gasteiger partial charge in [-0.15, -0.1) is 0 Å². The van der Waals surface area contributed by atoms with Gasteiger partial charge in [0.25, 0.3) is 0 Å². The first-order valence-electron chi connectivity index (χ1n) is 21.0. The van der Waals surface area contributed by atoms with E-state index < -0.39 is 25.0 Å². The molecule has 0 unspecified atom stereocenters. The smallest absolute Gasteiger partial charge is 0.192 e. The van der Waals surface area contributed by atoms with Crippen LogP contribution in [0.5, 0.6) is 0 Å². The van der Waals surface area contributed by atoms with Gasteiger partial charge in [0, 0.05) is 13.0 Å². The summed E-state index contributed by atoms with van der Waals surface area (Å²) in [6.45, 7) is 45.5. The fraction of sp³-hybridized carbons (Fsp3) is 0.864. The fourth-order valence-electron chi connectivity index (χ4n) is 9.03. The molecule has 296 valence electrons. The van der Waals surface area contributed by atoms with Gasteiger partial charge < -0.3 is 18.0 Å². The molecule has 0 bridgehead atoms. The summed E-state index contributed by atoms with van der Waals surface area (Å²) >= 11 is 0. The van der Waals surface area contributed by atoms with E-state index in [0.717, 1.165) is 25.9 Å². The van der Waals surface area contributed by atoms with Crippen LogP contribution in [0.4, 0.5) is 0 Å². The van der Waals surface area contributed by atoms with Gasteiger partial charge in [-0.2, -0.15) is 0 Å². The second kappa shape index (κ2) is 16.8. The summed E-state index contributed by atoms with van der Waals surface area (Å²) in [5.74, 6) is 1.22. The topological polar surface area (TPSA) is 36.9 Å². The lowest BCUT2D eigenvalue weighted by Gasteiger charge is -2.46. The van der Waals surface area contributed by atoms with E-state index in [0.29, 0.717) is 11.8 Å². The highest BCUT2D eigenvalue weighted by Gasteiger charge is 2.51. The molecule has 3 aliphatic rings. The van der Waals surface area contributed by atoms with E-state index in [4.69, 9.17) is 24.6 Å². The molecule has 3 saturated carbocycles. The quantitative estimate of drug-likeness (QED) is 0.156. The Morgan fingerprint density at radius 1 is 0.863 bits per heavy atom. The Kier molecular flexibility index (Phi) is 14.9. The van der Waals surface area contributed by atoms with Crippen LogP contribution in [0.3, 0.4) is 0 Å². The van der Waals surface area contributed by atoms with Gasteiger partial charge in [0.15, 0.2) is 25.0 Å². The van der Waals surface area contributed by atoms with Crippen LogP contribution in [0.25, 0.3) is 0 Å². The van der Waals surface area contributed by atoms with E-state index in [1.807, 2.05) is 0 Å². The van der Waals surface area contributed by atoms with Crippen molar-refractivity contribution >= 4 is 25.0 Å². The molecule has 0 aromatic carbocycles. The van der Waals surface area contributed by atoms with Crippen LogP contribution in [-0.4, -0.2) is 55.5 Å². The van der Waals surface area contributed by atoms with Gasteiger partial charge in [0.05, 0.1) is 23.9 Å². The number of rotatable bonds is 15. The maximum absolute atomic E-state index is 7.12. The molecule has 0 saturated heterocycles. The van der Waals surface area contributed by atoms with Gasteiger partial charge in [0.1, 0.15) is 0 Å². The monoisotopic (exact) mass is 761 g/mol. The molecular weight excluding hydrogens is 677 g/mol. The van der Waals surface area contributed by atoms with E-state index in [2.05, 4.69) is 128 Å². The van der Waals surface area contributed by atoms with Gasteiger partial charge in [-0.1, -0.05) is 93.5 Å². The van der Waals surface area contributed by atoms with Gasteiger partial charge in [-0.05, 0) is 149 Å². The minimum Gasteiger partial charge on any atom is -0.413 e. The zero-order chi connectivity index (χ0) is 38.8. The highest BCUT2D eigenvalue weighted by molar-refractivity contribution is 6.74. The van der Waals surface area contributed by atoms with Crippen LogP contribution in [0.1, 0.15) is 141 Å². The number of hydrogen-bond donors (Lipinski definition) is 0. The van der Waals surface area contributed by atoms with E-state index in [1.54, 1.807) is 5.57 Å². The van der Waals surface area contributed by atoms with E-state index >= 15 is 0 Å². The Balaban J connectivity index is 1.79. The predicted molar refractivity (Wildman–Crippen MR) is 229 cm³/mol. The van der Waals surface area contributed by atoms with Crippen molar-refractivity contribution in [3.8, 4) is 0 Å². The molecule has 0 spiro atoms. The predicted octanol–water partition coefficient (Wildman–Crippen LogP) is 13.8. The molecule has 4 nitrogen and oxygen atoms in total. The molecule has 0 aliphatic heterocycles. The molecule has 3 aliphatic carbocycles. The Morgan fingerprint density at radius 2 is 1.43 bits per heavy atom. The van der Waals surface area contributed by atoms with Crippen molar-refractivity contribution in [1.82, 2.24) is 0 Å². The van der Waals surface area contributed by atoms with Crippen LogP contribution >= 0.6 is 0 Å². The van der Waals surface area contributed by atoms with Crippen molar-refractivity contribution in [2.75, 3.05) is 6.61 Å². The molecule has 0 N–H and O–H groups in total. The molecule has 3 fully saturated rings. The molecule has 0 aromatic heterocycles. The highest BCUT2D eigenvalue weighted by atomic mass is 28.4. The number of allylic oxidation sites excluding steroid dienone is 3. The summed E-state index contributed by atoms with van der Waals surface area (Å²) in [5.41, 5.74) is 4.32. The third-order valence-electron chi connectivity index (χ3n) is 14.9. The Morgan fingerprint density at radius 3 is 1.98 bits per heavy atom. The second-order valence-electron chi connectivity index (χ2n) is 20.8. The summed E-state index contributed by atoms with van der Waals surface area (Å²) in [4.78, 5) is 0. The molecule has 0 heterocycles. The first-order valence-corrected chi connectivity index (χ1v) is 29.4. The third-order valence-corrected chi connectivity index (χ3v) is 28.7. The van der Waals surface area contributed by atoms with E-state index in [-0.39, 0.29) is 39.4 Å². The van der Waals surface area contributed by atoms with Crippen molar-refractivity contribution in [3.05, 3.63) is 35.5 Å². The normalized spacial score (nSPS) is 29.5. The maximum atomic E-state index is 7.12. The average molecular weight is 761 g/mol. The minimum absolute atomic E-state index is 0.0181. The van der Waals surface area contributed by atoms with Gasteiger partial charge >= 0.3 is 0 Å². The highest BCUT2D eigenvalue weighted by Crippen LogP contribution is 2.59. The van der Waals surface area contributed by atoms with Crippen LogP contribution < -0.4 is 0 Å². The van der Waals surface area contributed by atoms with Gasteiger partial charge in [-0.3, -0.25) is 0 Å². The summed E-state index contributed by atoms with van der Waals surface area (Å²) in [5, 5.41) is 0.321. The Hall–Kier alpha value is -0.289. The largest absolute Gasteiger partial charge is 0.413 e. The van der Waals surface area contributed by atoms with E-state index in [1.165, 1.54) is 61.4 Å². The third kappa shape index (κ3) is 10.7. The molecule has 3 rings (SSSR count). The number of fused-ring (bicyclic) bond motifs is 1. The Labute approximate surface area is 320 Å². The van der Waals surface area contributed by atoms with Crippen molar-refractivity contribution in [1.29, 1.82) is 0 Å². The van der Waals surface area contributed by atoms with Crippen LogP contribution in [-0.2, 0) is 18.0 Å². The van der Waals surface area contributed by atoms with Crippen LogP contribution in [0.2, 0.25) is 54.4 Å². The second-order valence-corrected chi connectivity index (χ2v) is 35.0. The van der Waals surface area contributed by atoms with Crippen molar-refractivity contribution in [2.45, 2.75) is 220 Å².